The molecule has 2 atom stereocenters. The van der Waals surface area contributed by atoms with Crippen LogP contribution < -0.4 is 5.69 Å². The lowest BCUT2D eigenvalue weighted by atomic mass is 9.96. The summed E-state index contributed by atoms with van der Waals surface area (Å²) in [6.07, 6.45) is 8.84. The standard InChI is InChI=1S/C29H37N7O/c1-6-7-10-21-17-36(27-25(18(2)3)26(27)19(4)5)29(37)35(21)16-20-15-30-14-13-22(20)23-11-8-9-12-24(23)28-31-33-34-32-28/h8-9,11-15,17-19,25-27H,6-7,10,16H2,1-5H3,(H,31,32,33,34). The van der Waals surface area contributed by atoms with Crippen molar-refractivity contribution in [2.45, 2.75) is 66.5 Å². The first kappa shape index (κ1) is 25.1. The van der Waals surface area contributed by atoms with Gasteiger partial charge >= 0.3 is 5.69 Å². The molecule has 194 valence electrons. The average Bonchev–Trinajstić information content (AvgIpc) is 3.26. The van der Waals surface area contributed by atoms with Gasteiger partial charge in [0, 0.05) is 35.9 Å². The smallest absolute Gasteiger partial charge is 0.295 e. The number of hydrogen-bond acceptors (Lipinski definition) is 5. The Balaban J connectivity index is 1.56. The second-order valence-corrected chi connectivity index (χ2v) is 10.9. The lowest BCUT2D eigenvalue weighted by molar-refractivity contribution is 0.448. The van der Waals surface area contributed by atoms with Crippen LogP contribution in [0.4, 0.5) is 0 Å². The van der Waals surface area contributed by atoms with Crippen molar-refractivity contribution in [3.63, 3.8) is 0 Å². The molecule has 1 aliphatic rings. The summed E-state index contributed by atoms with van der Waals surface area (Å²) in [6, 6.07) is 10.3. The highest BCUT2D eigenvalue weighted by molar-refractivity contribution is 5.81. The molecule has 1 N–H and O–H groups in total. The molecule has 0 radical (unpaired) electrons. The Labute approximate surface area is 218 Å². The summed E-state index contributed by atoms with van der Waals surface area (Å²) < 4.78 is 4.02. The van der Waals surface area contributed by atoms with Crippen molar-refractivity contribution in [2.24, 2.45) is 23.7 Å². The minimum atomic E-state index is 0.0890. The predicted octanol–water partition coefficient (Wildman–Crippen LogP) is 5.38. The van der Waals surface area contributed by atoms with E-state index in [-0.39, 0.29) is 11.7 Å². The van der Waals surface area contributed by atoms with Gasteiger partial charge in [0.05, 0.1) is 6.54 Å². The van der Waals surface area contributed by atoms with Gasteiger partial charge in [-0.15, -0.1) is 10.2 Å². The molecule has 0 saturated heterocycles. The highest BCUT2D eigenvalue weighted by Gasteiger charge is 2.54. The zero-order chi connectivity index (χ0) is 26.1. The van der Waals surface area contributed by atoms with Gasteiger partial charge in [-0.25, -0.2) is 4.79 Å². The van der Waals surface area contributed by atoms with E-state index in [4.69, 9.17) is 0 Å². The minimum Gasteiger partial charge on any atom is -0.295 e. The van der Waals surface area contributed by atoms with Gasteiger partial charge < -0.3 is 0 Å². The molecular formula is C29H37N7O. The largest absolute Gasteiger partial charge is 0.328 e. The van der Waals surface area contributed by atoms with Crippen LogP contribution in [0.2, 0.25) is 0 Å². The molecule has 37 heavy (non-hydrogen) atoms. The highest BCUT2D eigenvalue weighted by Crippen LogP contribution is 2.57. The number of aromatic amines is 1. The predicted molar refractivity (Wildman–Crippen MR) is 145 cm³/mol. The Morgan fingerprint density at radius 1 is 1.00 bits per heavy atom. The van der Waals surface area contributed by atoms with E-state index in [2.05, 4.69) is 72.5 Å². The fraction of sp³-hybridized carbons (Fsp3) is 0.483. The fourth-order valence-corrected chi connectivity index (χ4v) is 6.05. The minimum absolute atomic E-state index is 0.0890. The molecule has 1 aliphatic carbocycles. The van der Waals surface area contributed by atoms with Crippen LogP contribution in [0.5, 0.6) is 0 Å². The fourth-order valence-electron chi connectivity index (χ4n) is 6.05. The number of nitrogens with one attached hydrogen (secondary N) is 1. The first-order valence-electron chi connectivity index (χ1n) is 13.5. The lowest BCUT2D eigenvalue weighted by Crippen LogP contribution is -2.26. The zero-order valence-corrected chi connectivity index (χ0v) is 22.4. The number of imidazole rings is 1. The maximum Gasteiger partial charge on any atom is 0.328 e. The zero-order valence-electron chi connectivity index (χ0n) is 22.4. The van der Waals surface area contributed by atoms with Gasteiger partial charge in [-0.1, -0.05) is 65.3 Å². The van der Waals surface area contributed by atoms with Gasteiger partial charge in [0.15, 0.2) is 0 Å². The summed E-state index contributed by atoms with van der Waals surface area (Å²) >= 11 is 0. The van der Waals surface area contributed by atoms with E-state index in [1.54, 1.807) is 6.20 Å². The lowest BCUT2D eigenvalue weighted by Gasteiger charge is -2.14. The molecule has 0 bridgehead atoms. The van der Waals surface area contributed by atoms with Gasteiger partial charge in [0.2, 0.25) is 5.82 Å². The third-order valence-corrected chi connectivity index (χ3v) is 7.86. The van der Waals surface area contributed by atoms with Crippen molar-refractivity contribution in [1.82, 2.24) is 34.7 Å². The molecule has 1 saturated carbocycles. The molecular weight excluding hydrogens is 462 g/mol. The maximum absolute atomic E-state index is 13.9. The van der Waals surface area contributed by atoms with Gasteiger partial charge in [-0.2, -0.15) is 5.21 Å². The van der Waals surface area contributed by atoms with Crippen molar-refractivity contribution in [2.75, 3.05) is 0 Å². The first-order chi connectivity index (χ1) is 17.9. The van der Waals surface area contributed by atoms with Crippen molar-refractivity contribution in [1.29, 1.82) is 0 Å². The molecule has 1 fully saturated rings. The molecule has 1 aromatic carbocycles. The summed E-state index contributed by atoms with van der Waals surface area (Å²) in [6.45, 7) is 11.8. The second kappa shape index (κ2) is 10.4. The summed E-state index contributed by atoms with van der Waals surface area (Å²) in [5, 5.41) is 14.7. The van der Waals surface area contributed by atoms with E-state index in [0.717, 1.165) is 47.2 Å². The van der Waals surface area contributed by atoms with E-state index in [1.807, 2.05) is 39.6 Å². The van der Waals surface area contributed by atoms with Crippen LogP contribution in [0.1, 0.15) is 64.8 Å². The van der Waals surface area contributed by atoms with Crippen molar-refractivity contribution < 1.29 is 0 Å². The Morgan fingerprint density at radius 2 is 1.73 bits per heavy atom. The average molecular weight is 500 g/mol. The monoisotopic (exact) mass is 499 g/mol. The third kappa shape index (κ3) is 4.77. The van der Waals surface area contributed by atoms with Crippen LogP contribution >= 0.6 is 0 Å². The van der Waals surface area contributed by atoms with E-state index in [0.29, 0.717) is 36.0 Å². The Hall–Kier alpha value is -3.55. The molecule has 8 nitrogen and oxygen atoms in total. The number of rotatable bonds is 10. The molecule has 0 spiro atoms. The van der Waals surface area contributed by atoms with E-state index in [9.17, 15) is 4.79 Å². The molecule has 0 aliphatic heterocycles. The van der Waals surface area contributed by atoms with Crippen molar-refractivity contribution >= 4 is 0 Å². The number of pyridine rings is 1. The van der Waals surface area contributed by atoms with Gasteiger partial charge in [0.25, 0.3) is 0 Å². The van der Waals surface area contributed by atoms with Crippen LogP contribution in [0.3, 0.4) is 0 Å². The number of aromatic nitrogens is 7. The van der Waals surface area contributed by atoms with Crippen LogP contribution in [0, 0.1) is 23.7 Å². The van der Waals surface area contributed by atoms with E-state index < -0.39 is 0 Å². The van der Waals surface area contributed by atoms with Crippen molar-refractivity contribution in [3.8, 4) is 22.5 Å². The van der Waals surface area contributed by atoms with E-state index >= 15 is 0 Å². The Kier molecular flexibility index (Phi) is 7.09. The van der Waals surface area contributed by atoms with Crippen LogP contribution in [0.25, 0.3) is 22.5 Å². The Morgan fingerprint density at radius 3 is 2.38 bits per heavy atom. The summed E-state index contributed by atoms with van der Waals surface area (Å²) in [5.41, 5.74) is 5.08. The number of hydrogen-bond donors (Lipinski definition) is 1. The maximum atomic E-state index is 13.9. The summed E-state index contributed by atoms with van der Waals surface area (Å²) in [7, 11) is 0. The Bertz CT molecular complexity index is 1390. The van der Waals surface area contributed by atoms with Gasteiger partial charge in [0.1, 0.15) is 0 Å². The van der Waals surface area contributed by atoms with Crippen molar-refractivity contribution in [3.05, 3.63) is 70.7 Å². The SMILES string of the molecule is CCCCc1cn(C2C(C(C)C)C2C(C)C)c(=O)n1Cc1cnccc1-c1ccccc1-c1nn[nH]n1. The molecule has 8 heteroatoms. The topological polar surface area (TPSA) is 94.3 Å². The van der Waals surface area contributed by atoms with Crippen LogP contribution in [0.15, 0.2) is 53.7 Å². The molecule has 3 aromatic heterocycles. The molecule has 2 unspecified atom stereocenters. The molecule has 3 heterocycles. The number of nitrogens with zero attached hydrogens (tertiary/aromatic N) is 6. The van der Waals surface area contributed by atoms with Gasteiger partial charge in [-0.3, -0.25) is 14.1 Å². The van der Waals surface area contributed by atoms with Crippen LogP contribution in [-0.2, 0) is 13.0 Å². The number of H-pyrrole nitrogens is 1. The third-order valence-electron chi connectivity index (χ3n) is 7.86. The number of tetrazole rings is 1. The second-order valence-electron chi connectivity index (χ2n) is 10.9. The number of aryl methyl sites for hydroxylation is 1. The summed E-state index contributed by atoms with van der Waals surface area (Å²) in [4.78, 5) is 18.4. The normalized spacial score (nSPS) is 19.2. The van der Waals surface area contributed by atoms with Crippen LogP contribution in [-0.4, -0.2) is 34.7 Å². The van der Waals surface area contributed by atoms with Gasteiger partial charge in [-0.05, 0) is 64.5 Å². The number of unbranched alkanes of at least 4 members (excludes halogenated alkanes) is 1. The molecule has 4 aromatic rings. The highest BCUT2D eigenvalue weighted by atomic mass is 16.1. The summed E-state index contributed by atoms with van der Waals surface area (Å²) in [5.74, 6) is 2.74. The molecule has 5 rings (SSSR count). The van der Waals surface area contributed by atoms with E-state index in [1.165, 1.54) is 0 Å². The number of benzene rings is 1. The molecule has 0 amide bonds. The first-order valence-corrected chi connectivity index (χ1v) is 13.5. The quantitative estimate of drug-likeness (QED) is 0.316.